The normalized spacial score (nSPS) is 16.7. The number of hydroxylamine groups is 1. The summed E-state index contributed by atoms with van der Waals surface area (Å²) in [7, 11) is 0. The van der Waals surface area contributed by atoms with Gasteiger partial charge in [0, 0.05) is 32.7 Å². The number of carbonyl (C=O) groups is 1. The summed E-state index contributed by atoms with van der Waals surface area (Å²) >= 11 is 5.31. The number of esters is 1. The Morgan fingerprint density at radius 3 is 2.50 bits per heavy atom. The van der Waals surface area contributed by atoms with Crippen LogP contribution in [-0.2, 0) is 16.1 Å². The van der Waals surface area contributed by atoms with Crippen LogP contribution in [0, 0.1) is 0 Å². The molecule has 0 amide bonds. The zero-order chi connectivity index (χ0) is 17.4. The number of piperazine rings is 1. The van der Waals surface area contributed by atoms with E-state index in [1.807, 2.05) is 28.6 Å². The van der Waals surface area contributed by atoms with E-state index in [1.54, 1.807) is 0 Å². The standard InChI is InChI=1S/C16H23N3O4S/c20-10-11-23-16(21)14(17-22)15(24)19-8-6-18(7-9-19)12-13-4-2-1-3-5-13/h1-5,14,17,20,22H,6-12H2. The summed E-state index contributed by atoms with van der Waals surface area (Å²) in [4.78, 5) is 16.4. The van der Waals surface area contributed by atoms with E-state index in [2.05, 4.69) is 17.0 Å². The number of benzene rings is 1. The van der Waals surface area contributed by atoms with Gasteiger partial charge in [0.15, 0.2) is 6.04 Å². The summed E-state index contributed by atoms with van der Waals surface area (Å²) in [5.74, 6) is -0.691. The number of thiocarbonyl (C=S) groups is 1. The molecule has 0 saturated carbocycles. The van der Waals surface area contributed by atoms with Gasteiger partial charge >= 0.3 is 5.97 Å². The highest BCUT2D eigenvalue weighted by Crippen LogP contribution is 2.10. The van der Waals surface area contributed by atoms with Crippen molar-refractivity contribution in [3.63, 3.8) is 0 Å². The number of aliphatic hydroxyl groups excluding tert-OH is 1. The second-order valence-electron chi connectivity index (χ2n) is 5.54. The predicted octanol–water partition coefficient (Wildman–Crippen LogP) is 0.0145. The van der Waals surface area contributed by atoms with Gasteiger partial charge in [-0.1, -0.05) is 42.5 Å². The molecule has 0 aromatic heterocycles. The van der Waals surface area contributed by atoms with Gasteiger partial charge < -0.3 is 20.0 Å². The Kier molecular flexibility index (Phi) is 7.54. The first-order valence-electron chi connectivity index (χ1n) is 7.88. The van der Waals surface area contributed by atoms with Gasteiger partial charge in [-0.2, -0.15) is 5.48 Å². The Hall–Kier alpha value is -1.58. The van der Waals surface area contributed by atoms with Crippen molar-refractivity contribution >= 4 is 23.2 Å². The molecule has 7 nitrogen and oxygen atoms in total. The summed E-state index contributed by atoms with van der Waals surface area (Å²) in [6.07, 6.45) is 0. The predicted molar refractivity (Wildman–Crippen MR) is 92.6 cm³/mol. The highest BCUT2D eigenvalue weighted by molar-refractivity contribution is 7.80. The van der Waals surface area contributed by atoms with Gasteiger partial charge in [0.25, 0.3) is 0 Å². The highest BCUT2D eigenvalue weighted by Gasteiger charge is 2.30. The quantitative estimate of drug-likeness (QED) is 0.359. The summed E-state index contributed by atoms with van der Waals surface area (Å²) in [5.41, 5.74) is 3.17. The third-order valence-corrected chi connectivity index (χ3v) is 4.37. The van der Waals surface area contributed by atoms with Crippen LogP contribution in [0.2, 0.25) is 0 Å². The van der Waals surface area contributed by atoms with Gasteiger partial charge in [-0.05, 0) is 5.56 Å². The molecular formula is C16H23N3O4S. The van der Waals surface area contributed by atoms with Gasteiger partial charge in [-0.25, -0.2) is 4.79 Å². The fourth-order valence-electron chi connectivity index (χ4n) is 2.59. The topological polar surface area (TPSA) is 85.3 Å². The number of carbonyl (C=O) groups excluding carboxylic acids is 1. The number of hydrogen-bond acceptors (Lipinski definition) is 7. The zero-order valence-corrected chi connectivity index (χ0v) is 14.2. The average Bonchev–Trinajstić information content (AvgIpc) is 2.62. The van der Waals surface area contributed by atoms with Crippen molar-refractivity contribution in [1.82, 2.24) is 15.3 Å². The lowest BCUT2D eigenvalue weighted by Gasteiger charge is -2.37. The van der Waals surface area contributed by atoms with Crippen molar-refractivity contribution in [2.45, 2.75) is 12.6 Å². The van der Waals surface area contributed by atoms with E-state index >= 15 is 0 Å². The molecule has 8 heteroatoms. The van der Waals surface area contributed by atoms with E-state index in [0.29, 0.717) is 18.1 Å². The van der Waals surface area contributed by atoms with Crippen LogP contribution in [0.3, 0.4) is 0 Å². The first-order chi connectivity index (χ1) is 11.7. The molecular weight excluding hydrogens is 330 g/mol. The molecule has 1 aliphatic heterocycles. The minimum Gasteiger partial charge on any atom is -0.462 e. The van der Waals surface area contributed by atoms with Crippen LogP contribution in [0.25, 0.3) is 0 Å². The van der Waals surface area contributed by atoms with Crippen molar-refractivity contribution in [3.05, 3.63) is 35.9 Å². The second kappa shape index (κ2) is 9.65. The third-order valence-electron chi connectivity index (χ3n) is 3.88. The Balaban J connectivity index is 1.84. The molecule has 1 heterocycles. The van der Waals surface area contributed by atoms with Crippen LogP contribution in [0.5, 0.6) is 0 Å². The summed E-state index contributed by atoms with van der Waals surface area (Å²) in [6.45, 7) is 3.48. The molecule has 1 aliphatic rings. The smallest absolute Gasteiger partial charge is 0.332 e. The lowest BCUT2D eigenvalue weighted by molar-refractivity contribution is -0.147. The molecule has 1 unspecified atom stereocenters. The van der Waals surface area contributed by atoms with Gasteiger partial charge in [0.05, 0.1) is 6.61 Å². The number of nitrogens with one attached hydrogen (secondary N) is 1. The second-order valence-corrected chi connectivity index (χ2v) is 5.96. The molecule has 0 aliphatic carbocycles. The van der Waals surface area contributed by atoms with Gasteiger partial charge in [0.2, 0.25) is 0 Å². The van der Waals surface area contributed by atoms with Gasteiger partial charge in [0.1, 0.15) is 11.6 Å². The monoisotopic (exact) mass is 353 g/mol. The van der Waals surface area contributed by atoms with Crippen molar-refractivity contribution in [3.8, 4) is 0 Å². The minimum absolute atomic E-state index is 0.121. The maximum atomic E-state index is 11.8. The number of aliphatic hydroxyl groups is 1. The summed E-state index contributed by atoms with van der Waals surface area (Å²) in [6, 6.07) is 9.15. The summed E-state index contributed by atoms with van der Waals surface area (Å²) in [5, 5.41) is 17.9. The van der Waals surface area contributed by atoms with Crippen LogP contribution >= 0.6 is 12.2 Å². The maximum Gasteiger partial charge on any atom is 0.332 e. The molecule has 132 valence electrons. The molecule has 0 radical (unpaired) electrons. The average molecular weight is 353 g/mol. The molecule has 1 atom stereocenters. The number of ether oxygens (including phenoxy) is 1. The first-order valence-corrected chi connectivity index (χ1v) is 8.28. The zero-order valence-electron chi connectivity index (χ0n) is 13.4. The van der Waals surface area contributed by atoms with E-state index in [0.717, 1.165) is 19.6 Å². The lowest BCUT2D eigenvalue weighted by Crippen LogP contribution is -2.55. The Morgan fingerprint density at radius 2 is 1.92 bits per heavy atom. The Labute approximate surface area is 146 Å². The number of rotatable bonds is 7. The Morgan fingerprint density at radius 1 is 1.25 bits per heavy atom. The molecule has 0 bridgehead atoms. The van der Waals surface area contributed by atoms with Crippen molar-refractivity contribution in [1.29, 1.82) is 0 Å². The molecule has 0 spiro atoms. The molecule has 24 heavy (non-hydrogen) atoms. The van der Waals surface area contributed by atoms with Crippen molar-refractivity contribution in [2.75, 3.05) is 39.4 Å². The molecule has 1 aromatic carbocycles. The molecule has 3 N–H and O–H groups in total. The Bertz CT molecular complexity index is 535. The van der Waals surface area contributed by atoms with Crippen LogP contribution in [0.4, 0.5) is 0 Å². The first kappa shape index (κ1) is 18.8. The van der Waals surface area contributed by atoms with Gasteiger partial charge in [-0.15, -0.1) is 0 Å². The molecule has 1 fully saturated rings. The number of nitrogens with zero attached hydrogens (tertiary/aromatic N) is 2. The molecule has 1 saturated heterocycles. The van der Waals surface area contributed by atoms with E-state index in [-0.39, 0.29) is 13.2 Å². The summed E-state index contributed by atoms with van der Waals surface area (Å²) < 4.78 is 4.82. The van der Waals surface area contributed by atoms with Crippen molar-refractivity contribution in [2.24, 2.45) is 0 Å². The third kappa shape index (κ3) is 5.22. The van der Waals surface area contributed by atoms with Crippen LogP contribution < -0.4 is 5.48 Å². The van der Waals surface area contributed by atoms with Crippen LogP contribution in [-0.4, -0.2) is 76.5 Å². The lowest BCUT2D eigenvalue weighted by atomic mass is 10.2. The molecule has 2 rings (SSSR count). The van der Waals surface area contributed by atoms with E-state index in [9.17, 15) is 10.0 Å². The fourth-order valence-corrected chi connectivity index (χ4v) is 2.92. The van der Waals surface area contributed by atoms with E-state index in [4.69, 9.17) is 22.1 Å². The van der Waals surface area contributed by atoms with E-state index in [1.165, 1.54) is 5.56 Å². The van der Waals surface area contributed by atoms with E-state index < -0.39 is 12.0 Å². The van der Waals surface area contributed by atoms with Crippen LogP contribution in [0.15, 0.2) is 30.3 Å². The van der Waals surface area contributed by atoms with Gasteiger partial charge in [-0.3, -0.25) is 4.90 Å². The highest BCUT2D eigenvalue weighted by atomic mass is 32.1. The number of hydrogen-bond donors (Lipinski definition) is 3. The largest absolute Gasteiger partial charge is 0.462 e. The SMILES string of the molecule is O=C(OCCO)C(NO)C(=S)N1CCN(Cc2ccccc2)CC1. The van der Waals surface area contributed by atoms with Crippen LogP contribution in [0.1, 0.15) is 5.56 Å². The maximum absolute atomic E-state index is 11.8. The minimum atomic E-state index is -1.09. The van der Waals surface area contributed by atoms with Crippen molar-refractivity contribution < 1.29 is 19.8 Å². The fraction of sp³-hybridized carbons (Fsp3) is 0.500. The molecule has 1 aromatic rings.